The van der Waals surface area contributed by atoms with E-state index in [4.69, 9.17) is 10.1 Å². The zero-order valence-corrected chi connectivity index (χ0v) is 36.7. The maximum absolute atomic E-state index is 14.1. The van der Waals surface area contributed by atoms with Crippen molar-refractivity contribution in [2.75, 3.05) is 55.6 Å². The van der Waals surface area contributed by atoms with Crippen LogP contribution < -0.4 is 30.7 Å². The molecule has 4 aromatic rings. The van der Waals surface area contributed by atoms with Gasteiger partial charge in [0.15, 0.2) is 0 Å². The maximum atomic E-state index is 14.1. The van der Waals surface area contributed by atoms with E-state index in [0.29, 0.717) is 64.1 Å². The Bertz CT molecular complexity index is 2460. The standard InChI is InChI=1S/C48H57N9O6/c1-6-7-39(44(61)51-30-58)52-43(60)37-14-13-36(26-34(37)28-50)56-24-22-54(23-25-56)29-31-18-20-55(21-19-31)35-11-8-32(9-12-35)45(62)57-47(2,3)46(48(57,4)5)63-40-16-10-33(27-49)42-38(40)15-17-41(59)53-42/h8-17,26,28,30-31,39,46,50H,6-7,18-25,29H2,1-5H3,(H,52,60)(H,53,59)(H,51,58,61). The average Bonchev–Trinajstić information content (AvgIpc) is 3.28. The molecule has 0 radical (unpaired) electrons. The fraction of sp³-hybridized carbons (Fsp3) is 0.438. The van der Waals surface area contributed by atoms with Gasteiger partial charge in [-0.05, 0) is 114 Å². The number of amides is 4. The number of aromatic nitrogens is 1. The zero-order chi connectivity index (χ0) is 45.1. The van der Waals surface area contributed by atoms with Crippen molar-refractivity contribution in [3.05, 3.63) is 99.3 Å². The van der Waals surface area contributed by atoms with E-state index in [0.717, 1.165) is 76.2 Å². The second kappa shape index (κ2) is 18.4. The zero-order valence-electron chi connectivity index (χ0n) is 36.7. The van der Waals surface area contributed by atoms with Gasteiger partial charge >= 0.3 is 0 Å². The van der Waals surface area contributed by atoms with Crippen LogP contribution in [0.1, 0.15) is 92.1 Å². The number of piperazine rings is 1. The average molecular weight is 856 g/mol. The van der Waals surface area contributed by atoms with Crippen LogP contribution in [-0.2, 0) is 9.59 Å². The second-order valence-electron chi connectivity index (χ2n) is 17.9. The van der Waals surface area contributed by atoms with E-state index in [1.54, 1.807) is 24.3 Å². The fourth-order valence-corrected chi connectivity index (χ4v) is 10.0. The Morgan fingerprint density at radius 1 is 0.921 bits per heavy atom. The summed E-state index contributed by atoms with van der Waals surface area (Å²) in [4.78, 5) is 74.2. The van der Waals surface area contributed by atoms with Gasteiger partial charge in [-0.15, -0.1) is 0 Å². The van der Waals surface area contributed by atoms with E-state index in [2.05, 4.69) is 36.4 Å². The van der Waals surface area contributed by atoms with Gasteiger partial charge in [0.25, 0.3) is 11.8 Å². The van der Waals surface area contributed by atoms with Crippen LogP contribution in [0.25, 0.3) is 10.9 Å². The largest absolute Gasteiger partial charge is 0.485 e. The lowest BCUT2D eigenvalue weighted by Gasteiger charge is -2.65. The predicted molar refractivity (Wildman–Crippen MR) is 243 cm³/mol. The van der Waals surface area contributed by atoms with Gasteiger partial charge in [0.2, 0.25) is 17.9 Å². The fourth-order valence-electron chi connectivity index (χ4n) is 10.0. The molecule has 7 rings (SSSR count). The number of imide groups is 1. The van der Waals surface area contributed by atoms with Crippen LogP contribution in [0.15, 0.2) is 71.5 Å². The van der Waals surface area contributed by atoms with Crippen molar-refractivity contribution in [3.8, 4) is 11.8 Å². The number of fused-ring (bicyclic) bond motifs is 1. The van der Waals surface area contributed by atoms with Gasteiger partial charge in [-0.2, -0.15) is 5.26 Å². The van der Waals surface area contributed by atoms with E-state index < -0.39 is 28.9 Å². The number of pyridine rings is 1. The summed E-state index contributed by atoms with van der Waals surface area (Å²) in [5.41, 5.74) is 2.63. The Balaban J connectivity index is 0.890. The maximum Gasteiger partial charge on any atom is 0.255 e. The number of hydrogen-bond acceptors (Lipinski definition) is 11. The van der Waals surface area contributed by atoms with Gasteiger partial charge in [0.05, 0.1) is 22.2 Å². The predicted octanol–water partition coefficient (Wildman–Crippen LogP) is 5.07. The summed E-state index contributed by atoms with van der Waals surface area (Å²) in [7, 11) is 0. The lowest BCUT2D eigenvalue weighted by atomic mass is 9.69. The molecule has 1 unspecified atom stereocenters. The van der Waals surface area contributed by atoms with Crippen molar-refractivity contribution in [3.63, 3.8) is 0 Å². The molecular formula is C48H57N9O6. The number of nitriles is 1. The number of carbonyl (C=O) groups excluding carboxylic acids is 4. The van der Waals surface area contributed by atoms with E-state index >= 15 is 0 Å². The summed E-state index contributed by atoms with van der Waals surface area (Å²) in [6, 6.07) is 21.1. The summed E-state index contributed by atoms with van der Waals surface area (Å²) in [5.74, 6) is 0.0328. The molecule has 330 valence electrons. The van der Waals surface area contributed by atoms with E-state index in [9.17, 15) is 29.2 Å². The first-order valence-electron chi connectivity index (χ1n) is 21.8. The van der Waals surface area contributed by atoms with Crippen LogP contribution in [0.4, 0.5) is 11.4 Å². The number of benzene rings is 3. The molecule has 4 heterocycles. The molecule has 0 aliphatic carbocycles. The minimum Gasteiger partial charge on any atom is -0.485 e. The van der Waals surface area contributed by atoms with E-state index in [-0.39, 0.29) is 17.6 Å². The molecule has 0 bridgehead atoms. The highest BCUT2D eigenvalue weighted by Gasteiger charge is 2.64. The number of hydrogen-bond donors (Lipinski definition) is 4. The van der Waals surface area contributed by atoms with Gasteiger partial charge in [-0.3, -0.25) is 34.2 Å². The third-order valence-corrected chi connectivity index (χ3v) is 13.0. The number of rotatable bonds is 14. The highest BCUT2D eigenvalue weighted by atomic mass is 16.5. The van der Waals surface area contributed by atoms with Gasteiger partial charge in [-0.1, -0.05) is 13.3 Å². The van der Waals surface area contributed by atoms with E-state index in [1.165, 1.54) is 6.07 Å². The first kappa shape index (κ1) is 44.5. The van der Waals surface area contributed by atoms with Crippen molar-refractivity contribution in [2.24, 2.45) is 5.92 Å². The minimum atomic E-state index is -0.841. The Kier molecular flexibility index (Phi) is 13.0. The van der Waals surface area contributed by atoms with Gasteiger partial charge in [-0.25, -0.2) is 0 Å². The topological polar surface area (TPSA) is 195 Å². The number of H-pyrrole nitrogens is 1. The molecule has 0 spiro atoms. The molecule has 3 aliphatic heterocycles. The summed E-state index contributed by atoms with van der Waals surface area (Å²) in [6.07, 6.45) is 4.29. The molecule has 1 atom stereocenters. The van der Waals surface area contributed by atoms with Crippen molar-refractivity contribution >= 4 is 52.6 Å². The van der Waals surface area contributed by atoms with Crippen LogP contribution in [0.2, 0.25) is 0 Å². The molecule has 4 amide bonds. The first-order chi connectivity index (χ1) is 30.2. The second-order valence-corrected chi connectivity index (χ2v) is 17.9. The van der Waals surface area contributed by atoms with Crippen molar-refractivity contribution in [2.45, 2.75) is 83.5 Å². The molecule has 3 aliphatic rings. The summed E-state index contributed by atoms with van der Waals surface area (Å²) < 4.78 is 6.60. The highest BCUT2D eigenvalue weighted by Crippen LogP contribution is 2.48. The number of nitrogens with one attached hydrogen (secondary N) is 4. The normalized spacial score (nSPS) is 18.2. The third-order valence-electron chi connectivity index (χ3n) is 13.0. The quantitative estimate of drug-likeness (QED) is 0.0983. The molecular weight excluding hydrogens is 799 g/mol. The van der Waals surface area contributed by atoms with Gasteiger partial charge < -0.3 is 35.1 Å². The Morgan fingerprint density at radius 2 is 1.59 bits per heavy atom. The van der Waals surface area contributed by atoms with Crippen molar-refractivity contribution < 1.29 is 23.9 Å². The van der Waals surface area contributed by atoms with Gasteiger partial charge in [0.1, 0.15) is 24.0 Å². The van der Waals surface area contributed by atoms with Crippen LogP contribution in [-0.4, -0.2) is 114 Å². The molecule has 4 N–H and O–H groups in total. The molecule has 63 heavy (non-hydrogen) atoms. The number of likely N-dealkylation sites (tertiary alicyclic amines) is 1. The molecule has 1 aromatic heterocycles. The number of piperidine rings is 1. The smallest absolute Gasteiger partial charge is 0.255 e. The van der Waals surface area contributed by atoms with Crippen molar-refractivity contribution in [1.82, 2.24) is 25.4 Å². The molecule has 3 aromatic carbocycles. The number of aromatic amines is 1. The summed E-state index contributed by atoms with van der Waals surface area (Å²) in [5, 5.41) is 23.1. The highest BCUT2D eigenvalue weighted by molar-refractivity contribution is 6.04. The van der Waals surface area contributed by atoms with Crippen LogP contribution >= 0.6 is 0 Å². The molecule has 15 nitrogen and oxygen atoms in total. The summed E-state index contributed by atoms with van der Waals surface area (Å²) >= 11 is 0. The first-order valence-corrected chi connectivity index (χ1v) is 21.8. The molecule has 3 fully saturated rings. The minimum absolute atomic E-state index is 0.0698. The Morgan fingerprint density at radius 3 is 2.22 bits per heavy atom. The molecule has 3 saturated heterocycles. The van der Waals surface area contributed by atoms with E-state index in [1.807, 2.05) is 75.9 Å². The lowest BCUT2D eigenvalue weighted by Crippen LogP contribution is -2.82. The van der Waals surface area contributed by atoms with Crippen LogP contribution in [0.5, 0.6) is 5.75 Å². The Labute approximate surface area is 367 Å². The van der Waals surface area contributed by atoms with Crippen LogP contribution in [0, 0.1) is 22.7 Å². The lowest BCUT2D eigenvalue weighted by molar-refractivity contribution is -0.173. The van der Waals surface area contributed by atoms with Crippen molar-refractivity contribution in [1.29, 1.82) is 10.7 Å². The number of ether oxygens (including phenoxy) is 1. The van der Waals surface area contributed by atoms with Crippen LogP contribution in [0.3, 0.4) is 0 Å². The SMILES string of the molecule is CCCC(NC(=O)c1ccc(N2CCN(CC3CCN(c4ccc(C(=O)N5C(C)(C)C(Oc6ccc(C#N)c7[nH]c(=O)ccc67)C5(C)C)cc4)CC3)CC2)cc1C=N)C(=O)NC=O. The third kappa shape index (κ3) is 9.04. The number of nitrogens with zero attached hydrogens (tertiary/aromatic N) is 5. The number of anilines is 2. The monoisotopic (exact) mass is 855 g/mol. The van der Waals surface area contributed by atoms with Gasteiger partial charge in [0, 0.05) is 91.5 Å². The molecule has 15 heteroatoms. The Hall–Kier alpha value is -6.53. The summed E-state index contributed by atoms with van der Waals surface area (Å²) in [6.45, 7) is 16.3. The molecule has 0 saturated carbocycles. The number of carbonyl (C=O) groups is 4.